The van der Waals surface area contributed by atoms with E-state index in [-0.39, 0.29) is 0 Å². The van der Waals surface area contributed by atoms with Gasteiger partial charge in [-0.2, -0.15) is 11.8 Å². The second-order valence-electron chi connectivity index (χ2n) is 5.27. The highest BCUT2D eigenvalue weighted by Crippen LogP contribution is 2.22. The van der Waals surface area contributed by atoms with Crippen LogP contribution in [0.2, 0.25) is 0 Å². The van der Waals surface area contributed by atoms with E-state index >= 15 is 0 Å². The lowest BCUT2D eigenvalue weighted by Crippen LogP contribution is -2.33. The summed E-state index contributed by atoms with van der Waals surface area (Å²) in [6.07, 6.45) is 3.30. The van der Waals surface area contributed by atoms with Gasteiger partial charge in [-0.3, -0.25) is 4.90 Å². The first-order chi connectivity index (χ1) is 10.2. The van der Waals surface area contributed by atoms with Gasteiger partial charge in [0.15, 0.2) is 0 Å². The van der Waals surface area contributed by atoms with Crippen molar-refractivity contribution in [2.45, 2.75) is 25.9 Å². The van der Waals surface area contributed by atoms with Crippen LogP contribution in [0.5, 0.6) is 0 Å². The maximum absolute atomic E-state index is 5.65. The van der Waals surface area contributed by atoms with E-state index in [1.54, 1.807) is 0 Å². The molecule has 0 aliphatic rings. The lowest BCUT2D eigenvalue weighted by Gasteiger charge is -2.27. The van der Waals surface area contributed by atoms with Gasteiger partial charge in [0.25, 0.3) is 0 Å². The number of aromatic nitrogens is 1. The van der Waals surface area contributed by atoms with Crippen molar-refractivity contribution in [3.8, 4) is 0 Å². The number of nitrogens with zero attached hydrogens (tertiary/aromatic N) is 2. The van der Waals surface area contributed by atoms with E-state index in [0.717, 1.165) is 41.0 Å². The van der Waals surface area contributed by atoms with Crippen molar-refractivity contribution in [1.82, 2.24) is 9.88 Å². The summed E-state index contributed by atoms with van der Waals surface area (Å²) in [6.45, 7) is 3.08. The molecule has 114 valence electrons. The third-order valence-electron chi connectivity index (χ3n) is 3.81. The van der Waals surface area contributed by atoms with Gasteiger partial charge >= 0.3 is 0 Å². The molecule has 2 rings (SSSR count). The summed E-state index contributed by atoms with van der Waals surface area (Å²) in [5, 5.41) is 1.15. The van der Waals surface area contributed by atoms with E-state index in [0.29, 0.717) is 6.04 Å². The highest BCUT2D eigenvalue weighted by molar-refractivity contribution is 7.98. The van der Waals surface area contributed by atoms with Gasteiger partial charge in [-0.15, -0.1) is 0 Å². The SMILES string of the molecule is CCC(CSC)N(C)Cc1cc2ccccc2nc1NN. The third-order valence-corrected chi connectivity index (χ3v) is 4.53. The zero-order valence-electron chi connectivity index (χ0n) is 13.0. The van der Waals surface area contributed by atoms with Crippen LogP contribution in [0.25, 0.3) is 10.9 Å². The fourth-order valence-electron chi connectivity index (χ4n) is 2.55. The molecule has 0 saturated carbocycles. The molecule has 21 heavy (non-hydrogen) atoms. The molecule has 1 heterocycles. The number of hydrogen-bond acceptors (Lipinski definition) is 5. The number of fused-ring (bicyclic) bond motifs is 1. The fourth-order valence-corrected chi connectivity index (χ4v) is 3.43. The van der Waals surface area contributed by atoms with Gasteiger partial charge in [0.1, 0.15) is 5.82 Å². The molecule has 0 saturated heterocycles. The number of nitrogens with two attached hydrogens (primary N) is 1. The molecule has 0 aliphatic heterocycles. The molecule has 0 radical (unpaired) electrons. The number of hydrogen-bond donors (Lipinski definition) is 2. The Morgan fingerprint density at radius 1 is 1.38 bits per heavy atom. The minimum absolute atomic E-state index is 0.567. The summed E-state index contributed by atoms with van der Waals surface area (Å²) in [5.74, 6) is 7.55. The fraction of sp³-hybridized carbons (Fsp3) is 0.438. The lowest BCUT2D eigenvalue weighted by molar-refractivity contribution is 0.248. The second kappa shape index (κ2) is 7.64. The zero-order valence-corrected chi connectivity index (χ0v) is 13.8. The normalized spacial score (nSPS) is 12.8. The molecule has 4 nitrogen and oxygen atoms in total. The summed E-state index contributed by atoms with van der Waals surface area (Å²) < 4.78 is 0. The minimum Gasteiger partial charge on any atom is -0.308 e. The van der Waals surface area contributed by atoms with E-state index < -0.39 is 0 Å². The van der Waals surface area contributed by atoms with Crippen LogP contribution >= 0.6 is 11.8 Å². The Balaban J connectivity index is 2.27. The molecule has 0 aliphatic carbocycles. The monoisotopic (exact) mass is 304 g/mol. The number of nitrogen functional groups attached to an aromatic ring is 1. The predicted octanol–water partition coefficient (Wildman–Crippen LogP) is 3.09. The van der Waals surface area contributed by atoms with E-state index in [1.807, 2.05) is 30.0 Å². The molecular formula is C16H24N4S. The van der Waals surface area contributed by atoms with E-state index in [4.69, 9.17) is 5.84 Å². The molecule has 0 spiro atoms. The predicted molar refractivity (Wildman–Crippen MR) is 93.5 cm³/mol. The van der Waals surface area contributed by atoms with Crippen LogP contribution in [-0.4, -0.2) is 35.0 Å². The lowest BCUT2D eigenvalue weighted by atomic mass is 10.1. The van der Waals surface area contributed by atoms with Crippen LogP contribution in [0.15, 0.2) is 30.3 Å². The molecule has 3 N–H and O–H groups in total. The molecule has 1 aromatic carbocycles. The van der Waals surface area contributed by atoms with Crippen LogP contribution < -0.4 is 11.3 Å². The Morgan fingerprint density at radius 3 is 2.81 bits per heavy atom. The largest absolute Gasteiger partial charge is 0.308 e. The minimum atomic E-state index is 0.567. The van der Waals surface area contributed by atoms with E-state index in [9.17, 15) is 0 Å². The Kier molecular flexibility index (Phi) is 5.85. The van der Waals surface area contributed by atoms with Gasteiger partial charge in [0.2, 0.25) is 0 Å². The van der Waals surface area contributed by atoms with Gasteiger partial charge in [0.05, 0.1) is 5.52 Å². The molecule has 2 aromatic rings. The smallest absolute Gasteiger partial charge is 0.145 e. The average Bonchev–Trinajstić information content (AvgIpc) is 2.51. The van der Waals surface area contributed by atoms with Crippen molar-refractivity contribution in [3.63, 3.8) is 0 Å². The number of thioether (sulfide) groups is 1. The van der Waals surface area contributed by atoms with E-state index in [2.05, 4.69) is 47.7 Å². The zero-order chi connectivity index (χ0) is 15.2. The van der Waals surface area contributed by atoms with Gasteiger partial charge < -0.3 is 5.43 Å². The van der Waals surface area contributed by atoms with Crippen molar-refractivity contribution < 1.29 is 0 Å². The number of pyridine rings is 1. The second-order valence-corrected chi connectivity index (χ2v) is 6.18. The summed E-state index contributed by atoms with van der Waals surface area (Å²) in [5.41, 5.74) is 4.84. The van der Waals surface area contributed by atoms with Crippen LogP contribution in [0.1, 0.15) is 18.9 Å². The van der Waals surface area contributed by atoms with Crippen molar-refractivity contribution in [2.24, 2.45) is 5.84 Å². The number of anilines is 1. The molecule has 0 amide bonds. The summed E-state index contributed by atoms with van der Waals surface area (Å²) >= 11 is 1.89. The topological polar surface area (TPSA) is 54.2 Å². The van der Waals surface area contributed by atoms with Gasteiger partial charge in [-0.05, 0) is 31.9 Å². The first-order valence-electron chi connectivity index (χ1n) is 7.24. The Bertz CT molecular complexity index is 587. The highest BCUT2D eigenvalue weighted by Gasteiger charge is 2.15. The van der Waals surface area contributed by atoms with Crippen LogP contribution in [0.4, 0.5) is 5.82 Å². The number of rotatable bonds is 7. The van der Waals surface area contributed by atoms with Crippen molar-refractivity contribution in [3.05, 3.63) is 35.9 Å². The molecule has 1 aromatic heterocycles. The highest BCUT2D eigenvalue weighted by atomic mass is 32.2. The Labute approximate surface area is 131 Å². The van der Waals surface area contributed by atoms with E-state index in [1.165, 1.54) is 0 Å². The standard InChI is InChI=1S/C16H24N4S/c1-4-14(11-21-3)20(2)10-13-9-12-7-5-6-8-15(12)18-16(13)19-17/h5-9,14H,4,10-11,17H2,1-3H3,(H,18,19). The number of nitrogens with one attached hydrogen (secondary N) is 1. The third kappa shape index (κ3) is 3.87. The molecule has 1 unspecified atom stereocenters. The molecular weight excluding hydrogens is 280 g/mol. The average molecular weight is 304 g/mol. The maximum Gasteiger partial charge on any atom is 0.145 e. The molecule has 1 atom stereocenters. The summed E-state index contributed by atoms with van der Waals surface area (Å²) in [4.78, 5) is 6.99. The maximum atomic E-state index is 5.65. The first kappa shape index (κ1) is 16.1. The molecule has 0 fully saturated rings. The molecule has 0 bridgehead atoms. The van der Waals surface area contributed by atoms with Gasteiger partial charge in [-0.25, -0.2) is 10.8 Å². The summed E-state index contributed by atoms with van der Waals surface area (Å²) in [7, 11) is 2.17. The number of para-hydroxylation sites is 1. The van der Waals surface area contributed by atoms with Crippen molar-refractivity contribution in [1.29, 1.82) is 0 Å². The van der Waals surface area contributed by atoms with Gasteiger partial charge in [-0.1, -0.05) is 25.1 Å². The van der Waals surface area contributed by atoms with Crippen LogP contribution in [0, 0.1) is 0 Å². The Hall–Kier alpha value is -1.30. The van der Waals surface area contributed by atoms with Crippen molar-refractivity contribution >= 4 is 28.5 Å². The first-order valence-corrected chi connectivity index (χ1v) is 8.63. The van der Waals surface area contributed by atoms with Crippen LogP contribution in [-0.2, 0) is 6.54 Å². The molecule has 5 heteroatoms. The quantitative estimate of drug-likeness (QED) is 0.608. The summed E-state index contributed by atoms with van der Waals surface area (Å²) in [6, 6.07) is 10.9. The number of benzene rings is 1. The Morgan fingerprint density at radius 2 is 2.14 bits per heavy atom. The van der Waals surface area contributed by atoms with Gasteiger partial charge in [0, 0.05) is 29.3 Å². The van der Waals surface area contributed by atoms with Crippen LogP contribution in [0.3, 0.4) is 0 Å². The number of hydrazine groups is 1. The van der Waals surface area contributed by atoms with Crippen molar-refractivity contribution in [2.75, 3.05) is 24.5 Å².